The van der Waals surface area contributed by atoms with Gasteiger partial charge >= 0.3 is 43.4 Å². The molecule has 4 aromatic rings. The van der Waals surface area contributed by atoms with E-state index in [-0.39, 0.29) is 69.9 Å². The summed E-state index contributed by atoms with van der Waals surface area (Å²) in [4.78, 5) is 15.1. The molecule has 0 bridgehead atoms. The molecule has 12 nitrogen and oxygen atoms in total. The van der Waals surface area contributed by atoms with Gasteiger partial charge in [-0.25, -0.2) is 0 Å². The van der Waals surface area contributed by atoms with Crippen LogP contribution >= 0.6 is 0 Å². The third kappa shape index (κ3) is 82.9. The average Bonchev–Trinajstić information content (AvgIpc) is 3.04. The van der Waals surface area contributed by atoms with Crippen molar-refractivity contribution in [2.75, 3.05) is 0 Å². The molecule has 0 spiro atoms. The van der Waals surface area contributed by atoms with Crippen molar-refractivity contribution in [3.05, 3.63) is 120 Å². The van der Waals surface area contributed by atoms with Crippen LogP contribution in [-0.2, 0) is 69.9 Å². The monoisotopic (exact) mass is 820 g/mol. The number of hydrogen-bond acceptors (Lipinski definition) is 12. The number of rotatable bonds is 4. The van der Waals surface area contributed by atoms with Crippen LogP contribution in [-0.4, -0.2) is 42.3 Å². The molecule has 0 saturated carbocycles. The van der Waals surface area contributed by atoms with Gasteiger partial charge in [-0.3, -0.25) is 19.9 Å². The first-order valence-electron chi connectivity index (χ1n) is 16.5. The molecule has 0 N–H and O–H groups in total. The molecule has 0 radical (unpaired) electrons. The molecule has 296 valence electrons. The molecule has 0 aliphatic heterocycles. The second-order valence-corrected chi connectivity index (χ2v) is 14.3. The largest absolute Gasteiger partial charge is 4.00 e. The topological polar surface area (TPSA) is 236 Å². The molecule has 4 aromatic heterocycles. The number of hydrogen-bond donors (Lipinski definition) is 0. The Morgan fingerprint density at radius 3 is 0.519 bits per heavy atom. The molecule has 0 atom stereocenters. The average molecular weight is 821 g/mol. The third-order valence-corrected chi connectivity index (χ3v) is 3.50. The van der Waals surface area contributed by atoms with Gasteiger partial charge in [0.15, 0.2) is 0 Å². The van der Waals surface area contributed by atoms with Crippen molar-refractivity contribution in [3.63, 3.8) is 0 Å². The predicted molar refractivity (Wildman–Crippen MR) is 191 cm³/mol. The SMILES string of the molecule is CC(C)(C)[O-].CC(C)(C)[O-].CC(C)(C)[O-].CC(C)(C)[O-].[O-]Cc1ccccn1.[O-]Cc1ccccn1.[O-]Cc1ccccn1.[O-]Cc1ccccn1.[Ti+4].[Ti+4]. The van der Waals surface area contributed by atoms with Gasteiger partial charge in [-0.05, 0) is 48.5 Å². The molecular formula is C40H60N4O8Ti2. The first-order valence-corrected chi connectivity index (χ1v) is 16.5. The number of aromatic nitrogens is 4. The Labute approximate surface area is 354 Å². The van der Waals surface area contributed by atoms with Gasteiger partial charge in [0.05, 0.1) is 0 Å². The normalized spacial score (nSPS) is 9.85. The summed E-state index contributed by atoms with van der Waals surface area (Å²) in [6, 6.07) is 21.2. The summed E-state index contributed by atoms with van der Waals surface area (Å²) < 4.78 is 0. The van der Waals surface area contributed by atoms with Crippen LogP contribution in [0.3, 0.4) is 0 Å². The van der Waals surface area contributed by atoms with E-state index in [1.165, 1.54) is 0 Å². The third-order valence-electron chi connectivity index (χ3n) is 3.50. The second-order valence-electron chi connectivity index (χ2n) is 14.3. The van der Waals surface area contributed by atoms with E-state index in [0.29, 0.717) is 22.8 Å². The first kappa shape index (κ1) is 63.6. The summed E-state index contributed by atoms with van der Waals surface area (Å²) in [5, 5.41) is 80.7. The van der Waals surface area contributed by atoms with Crippen LogP contribution in [0.15, 0.2) is 97.6 Å². The molecular weight excluding hydrogens is 760 g/mol. The molecule has 0 unspecified atom stereocenters. The molecule has 4 rings (SSSR count). The van der Waals surface area contributed by atoms with E-state index in [1.807, 2.05) is 0 Å². The zero-order valence-electron chi connectivity index (χ0n) is 34.1. The summed E-state index contributed by atoms with van der Waals surface area (Å²) in [5.74, 6) is 0. The van der Waals surface area contributed by atoms with Gasteiger partial charge in [0.2, 0.25) is 0 Å². The molecule has 4 heterocycles. The Bertz CT molecular complexity index is 1060. The van der Waals surface area contributed by atoms with Crippen molar-refractivity contribution in [2.45, 2.75) is 132 Å². The minimum Gasteiger partial charge on any atom is -0.850 e. The Balaban J connectivity index is -0.000000123. The summed E-state index contributed by atoms with van der Waals surface area (Å²) in [7, 11) is 0. The standard InChI is InChI=1S/4C6H6NO.4C4H9O.2Ti/c4*8-5-6-3-1-2-4-7-6;4*1-4(2,3)5;;/h4*1-4H,5H2;4*1-3H3;;/q8*-1;2*+4. The van der Waals surface area contributed by atoms with E-state index in [4.69, 9.17) is 0 Å². The van der Waals surface area contributed by atoms with Crippen molar-refractivity contribution in [1.82, 2.24) is 19.9 Å². The molecule has 14 heteroatoms. The van der Waals surface area contributed by atoms with Crippen LogP contribution in [0.1, 0.15) is 106 Å². The Morgan fingerprint density at radius 2 is 0.463 bits per heavy atom. The van der Waals surface area contributed by atoms with Gasteiger partial charge in [-0.15, -0.1) is 22.4 Å². The first-order chi connectivity index (χ1) is 23.7. The number of pyridine rings is 4. The van der Waals surface area contributed by atoms with Crippen LogP contribution in [0.5, 0.6) is 0 Å². The van der Waals surface area contributed by atoms with Gasteiger partial charge in [0, 0.05) is 47.6 Å². The molecule has 0 aromatic carbocycles. The number of nitrogens with zero attached hydrogens (tertiary/aromatic N) is 4. The van der Waals surface area contributed by atoms with Crippen molar-refractivity contribution in [3.8, 4) is 0 Å². The molecule has 0 aliphatic carbocycles. The molecule has 0 aliphatic rings. The van der Waals surface area contributed by atoms with Crippen LogP contribution in [0, 0.1) is 0 Å². The van der Waals surface area contributed by atoms with E-state index < -0.39 is 22.4 Å². The van der Waals surface area contributed by atoms with E-state index in [1.54, 1.807) is 181 Å². The summed E-state index contributed by atoms with van der Waals surface area (Å²) in [6.07, 6.45) is 6.47. The fraction of sp³-hybridized carbons (Fsp3) is 0.500. The second kappa shape index (κ2) is 37.6. The maximum absolute atomic E-state index is 10.1. The van der Waals surface area contributed by atoms with E-state index in [0.717, 1.165) is 0 Å². The Kier molecular flexibility index (Phi) is 44.3. The molecule has 0 saturated heterocycles. The van der Waals surface area contributed by atoms with Crippen LogP contribution in [0.4, 0.5) is 0 Å². The molecule has 54 heavy (non-hydrogen) atoms. The zero-order valence-corrected chi connectivity index (χ0v) is 37.2. The maximum atomic E-state index is 10.1. The summed E-state index contributed by atoms with van der Waals surface area (Å²) in [5.41, 5.74) is -0.583. The van der Waals surface area contributed by atoms with Gasteiger partial charge in [-0.1, -0.05) is 134 Å². The smallest absolute Gasteiger partial charge is 0.850 e. The minimum absolute atomic E-state index is 0. The van der Waals surface area contributed by atoms with Crippen molar-refractivity contribution >= 4 is 0 Å². The quantitative estimate of drug-likeness (QED) is 0.254. The van der Waals surface area contributed by atoms with Crippen molar-refractivity contribution in [1.29, 1.82) is 0 Å². The van der Waals surface area contributed by atoms with E-state index >= 15 is 0 Å². The Hall–Kier alpha value is -2.29. The maximum Gasteiger partial charge on any atom is 4.00 e. The van der Waals surface area contributed by atoms with Crippen LogP contribution < -0.4 is 40.9 Å². The minimum atomic E-state index is -0.750. The summed E-state index contributed by atoms with van der Waals surface area (Å²) in [6.45, 7) is 18.7. The van der Waals surface area contributed by atoms with Gasteiger partial charge < -0.3 is 40.9 Å². The zero-order chi connectivity index (χ0) is 41.3. The van der Waals surface area contributed by atoms with Crippen LogP contribution in [0.2, 0.25) is 0 Å². The fourth-order valence-corrected chi connectivity index (χ4v) is 1.93. The fourth-order valence-electron chi connectivity index (χ4n) is 1.93. The predicted octanol–water partition coefficient (Wildman–Crippen LogP) is 0.343. The van der Waals surface area contributed by atoms with E-state index in [9.17, 15) is 40.9 Å². The Morgan fingerprint density at radius 1 is 0.333 bits per heavy atom. The van der Waals surface area contributed by atoms with Crippen LogP contribution in [0.25, 0.3) is 0 Å². The van der Waals surface area contributed by atoms with Gasteiger partial charge in [0.25, 0.3) is 0 Å². The molecule has 0 fully saturated rings. The molecule has 0 amide bonds. The van der Waals surface area contributed by atoms with Gasteiger partial charge in [0.1, 0.15) is 0 Å². The van der Waals surface area contributed by atoms with Crippen molar-refractivity contribution in [2.24, 2.45) is 0 Å². The van der Waals surface area contributed by atoms with E-state index in [2.05, 4.69) is 19.9 Å². The van der Waals surface area contributed by atoms with Gasteiger partial charge in [-0.2, -0.15) is 0 Å². The summed E-state index contributed by atoms with van der Waals surface area (Å²) >= 11 is 0. The van der Waals surface area contributed by atoms with Crippen molar-refractivity contribution < 1.29 is 84.3 Å².